The van der Waals surface area contributed by atoms with Gasteiger partial charge in [0, 0.05) is 38.3 Å². The van der Waals surface area contributed by atoms with Crippen LogP contribution in [-0.4, -0.2) is 93.8 Å². The van der Waals surface area contributed by atoms with Gasteiger partial charge in [-0.25, -0.2) is 16.8 Å². The predicted molar refractivity (Wildman–Crippen MR) is 178 cm³/mol. The summed E-state index contributed by atoms with van der Waals surface area (Å²) in [7, 11) is -6.38. The van der Waals surface area contributed by atoms with Crippen molar-refractivity contribution in [1.29, 1.82) is 0 Å². The minimum atomic E-state index is -3.96. The molecule has 0 unspecified atom stereocenters. The van der Waals surface area contributed by atoms with Crippen LogP contribution >= 0.6 is 11.3 Å². The number of sulfonamides is 2. The van der Waals surface area contributed by atoms with Crippen LogP contribution in [0.4, 0.5) is 5.69 Å². The Morgan fingerprint density at radius 2 is 1.91 bits per heavy atom. The van der Waals surface area contributed by atoms with E-state index in [1.165, 1.54) is 28.4 Å². The average molecular weight is 713 g/mol. The maximum Gasteiger partial charge on any atom is 0.271 e. The Morgan fingerprint density at radius 1 is 1.17 bits per heavy atom. The first-order chi connectivity index (χ1) is 22.1. The number of anilines is 1. The molecule has 4 atom stereocenters. The Bertz CT molecular complexity index is 1710. The molecule has 0 saturated carbocycles. The molecule has 47 heavy (non-hydrogen) atoms. The van der Waals surface area contributed by atoms with E-state index in [1.807, 2.05) is 13.8 Å². The lowest BCUT2D eigenvalue weighted by atomic mass is 10.0. The molecule has 1 amide bonds. The van der Waals surface area contributed by atoms with E-state index in [2.05, 4.69) is 9.88 Å². The van der Waals surface area contributed by atoms with Crippen LogP contribution in [0.15, 0.2) is 49.3 Å². The molecule has 1 aliphatic rings. The molecule has 3 heterocycles. The van der Waals surface area contributed by atoms with E-state index in [-0.39, 0.29) is 63.5 Å². The smallest absolute Gasteiger partial charge is 0.271 e. The van der Waals surface area contributed by atoms with Gasteiger partial charge >= 0.3 is 0 Å². The first-order valence-electron chi connectivity index (χ1n) is 15.4. The zero-order chi connectivity index (χ0) is 34.5. The lowest BCUT2D eigenvalue weighted by Crippen LogP contribution is -2.48. The third kappa shape index (κ3) is 8.72. The Kier molecular flexibility index (Phi) is 12.1. The first-order valence-corrected chi connectivity index (χ1v) is 19.3. The number of nitrogens with zero attached hydrogens (tertiary/aromatic N) is 3. The lowest BCUT2D eigenvalue weighted by Gasteiger charge is -2.35. The van der Waals surface area contributed by atoms with Crippen molar-refractivity contribution < 1.29 is 40.7 Å². The summed E-state index contributed by atoms with van der Waals surface area (Å²) in [6, 6.07) is 7.06. The normalized spacial score (nSPS) is 21.1. The van der Waals surface area contributed by atoms with Gasteiger partial charge in [0.1, 0.15) is 20.5 Å². The predicted octanol–water partition coefficient (Wildman–Crippen LogP) is 4.27. The van der Waals surface area contributed by atoms with Gasteiger partial charge in [-0.05, 0) is 76.6 Å². The van der Waals surface area contributed by atoms with Crippen molar-refractivity contribution in [1.82, 2.24) is 14.4 Å². The number of thiophene rings is 1. The van der Waals surface area contributed by atoms with Crippen LogP contribution in [0.5, 0.6) is 5.75 Å². The van der Waals surface area contributed by atoms with Crippen molar-refractivity contribution in [3.8, 4) is 5.75 Å². The maximum absolute atomic E-state index is 14.3. The number of carbonyl (C=O) groups excluding carboxylic acids is 1. The molecule has 0 spiro atoms. The zero-order valence-corrected chi connectivity index (χ0v) is 30.0. The summed E-state index contributed by atoms with van der Waals surface area (Å²) in [6.45, 7) is 8.68. The number of rotatable bonds is 9. The number of nitrogens with one attached hydrogen (secondary N) is 1. The fourth-order valence-corrected chi connectivity index (χ4v) is 8.93. The molecule has 1 aromatic carbocycles. The number of carbonyl (C=O) groups is 1. The molecule has 2 aromatic heterocycles. The van der Waals surface area contributed by atoms with E-state index in [0.717, 1.165) is 17.8 Å². The highest BCUT2D eigenvalue weighted by atomic mass is 32.2. The Morgan fingerprint density at radius 3 is 2.55 bits per heavy atom. The van der Waals surface area contributed by atoms with Crippen LogP contribution in [-0.2, 0) is 24.8 Å². The number of likely N-dealkylation sites (N-methyl/N-ethyl adjacent to an activating group) is 1. The number of ether oxygens (including phenoxy) is 2. The number of benzene rings is 1. The molecule has 0 radical (unpaired) electrons. The summed E-state index contributed by atoms with van der Waals surface area (Å²) >= 11 is 1.07. The van der Waals surface area contributed by atoms with E-state index < -0.39 is 38.1 Å². The molecule has 16 heteroatoms. The Labute approximate surface area is 280 Å². The molecular weight excluding hydrogens is 669 g/mol. The van der Waals surface area contributed by atoms with Crippen LogP contribution < -0.4 is 9.46 Å². The standard InChI is InChI=1S/C31H44N4O9S3/c1-20-17-35(21(2)19-36)31(37)26-16-25(33-46(38,39)29-11-9-15-45-29)12-13-27(26)43-22(3)10-7-8-14-42-28(20)18-34(6)47(40,41)30-23(4)32-44-24(30)5/h9,11-13,15-16,20-22,28,33,36H,7-8,10,14,17-19H2,1-6H3/t20-,21+,22+,28-/m1/s1. The second kappa shape index (κ2) is 15.5. The molecular formula is C31H44N4O9S3. The van der Waals surface area contributed by atoms with E-state index in [0.29, 0.717) is 25.2 Å². The van der Waals surface area contributed by atoms with E-state index in [9.17, 15) is 26.7 Å². The topological polar surface area (TPSA) is 169 Å². The highest BCUT2D eigenvalue weighted by molar-refractivity contribution is 7.94. The third-order valence-electron chi connectivity index (χ3n) is 8.14. The van der Waals surface area contributed by atoms with Gasteiger partial charge in [-0.15, -0.1) is 11.3 Å². The molecule has 0 fully saturated rings. The number of aromatic nitrogens is 1. The number of hydrogen-bond donors (Lipinski definition) is 2. The monoisotopic (exact) mass is 712 g/mol. The number of hydrogen-bond acceptors (Lipinski definition) is 11. The van der Waals surface area contributed by atoms with E-state index in [1.54, 1.807) is 44.4 Å². The van der Waals surface area contributed by atoms with E-state index >= 15 is 0 Å². The van der Waals surface area contributed by atoms with Crippen LogP contribution in [0.1, 0.15) is 61.8 Å². The zero-order valence-electron chi connectivity index (χ0n) is 27.5. The van der Waals surface area contributed by atoms with Gasteiger partial charge in [0.15, 0.2) is 5.76 Å². The Hall–Kier alpha value is -3.02. The summed E-state index contributed by atoms with van der Waals surface area (Å²) in [5, 5.41) is 15.6. The summed E-state index contributed by atoms with van der Waals surface area (Å²) in [6.07, 6.45) is 1.22. The first kappa shape index (κ1) is 36.8. The van der Waals surface area contributed by atoms with Crippen LogP contribution in [0, 0.1) is 19.8 Å². The largest absolute Gasteiger partial charge is 0.490 e. The number of aliphatic hydroxyl groups excluding tert-OH is 1. The highest BCUT2D eigenvalue weighted by Gasteiger charge is 2.34. The van der Waals surface area contributed by atoms with E-state index in [4.69, 9.17) is 14.0 Å². The second-order valence-corrected chi connectivity index (χ2v) is 16.8. The van der Waals surface area contributed by atoms with Gasteiger partial charge in [0.2, 0.25) is 10.0 Å². The molecule has 4 rings (SSSR count). The van der Waals surface area contributed by atoms with Crippen molar-refractivity contribution in [2.24, 2.45) is 5.92 Å². The maximum atomic E-state index is 14.3. The van der Waals surface area contributed by atoms with Crippen molar-refractivity contribution >= 4 is 43.0 Å². The SMILES string of the molecule is Cc1noc(C)c1S(=O)(=O)N(C)C[C@H]1OCCCC[C@H](C)Oc2ccc(NS(=O)(=O)c3cccs3)cc2C(=O)N([C@@H](C)CO)C[C@H]1C. The third-order valence-corrected chi connectivity index (χ3v) is 13.0. The van der Waals surface area contributed by atoms with Gasteiger partial charge in [0.25, 0.3) is 15.9 Å². The minimum absolute atomic E-state index is 0.00611. The number of aliphatic hydroxyl groups is 1. The fourth-order valence-electron chi connectivity index (χ4n) is 5.42. The van der Waals surface area contributed by atoms with Gasteiger partial charge in [-0.3, -0.25) is 9.52 Å². The molecule has 0 saturated heterocycles. The summed E-state index contributed by atoms with van der Waals surface area (Å²) < 4.78 is 74.5. The minimum Gasteiger partial charge on any atom is -0.490 e. The summed E-state index contributed by atoms with van der Waals surface area (Å²) in [5.41, 5.74) is 0.568. The van der Waals surface area contributed by atoms with Crippen molar-refractivity contribution in [3.05, 3.63) is 52.7 Å². The fraction of sp³-hybridized carbons (Fsp3) is 0.548. The number of fused-ring (bicyclic) bond motifs is 1. The second-order valence-electron chi connectivity index (χ2n) is 12.0. The van der Waals surface area contributed by atoms with Crippen molar-refractivity contribution in [2.75, 3.05) is 38.1 Å². The molecule has 0 bridgehead atoms. The summed E-state index contributed by atoms with van der Waals surface area (Å²) in [4.78, 5) is 15.8. The molecule has 0 aliphatic carbocycles. The Balaban J connectivity index is 1.68. The van der Waals surface area contributed by atoms with Crippen molar-refractivity contribution in [2.45, 2.75) is 81.2 Å². The summed E-state index contributed by atoms with van der Waals surface area (Å²) in [5.74, 6) is -0.387. The molecule has 3 aromatic rings. The molecule has 13 nitrogen and oxygen atoms in total. The average Bonchev–Trinajstić information content (AvgIpc) is 3.69. The van der Waals surface area contributed by atoms with Crippen LogP contribution in [0.3, 0.4) is 0 Å². The number of amides is 1. The molecule has 1 aliphatic heterocycles. The van der Waals surface area contributed by atoms with Gasteiger partial charge in [-0.2, -0.15) is 4.31 Å². The molecule has 260 valence electrons. The van der Waals surface area contributed by atoms with Gasteiger partial charge in [-0.1, -0.05) is 18.1 Å². The van der Waals surface area contributed by atoms with Crippen LogP contribution in [0.2, 0.25) is 0 Å². The van der Waals surface area contributed by atoms with Crippen molar-refractivity contribution in [3.63, 3.8) is 0 Å². The quantitative estimate of drug-likeness (QED) is 0.327. The number of aryl methyl sites for hydroxylation is 2. The lowest BCUT2D eigenvalue weighted by molar-refractivity contribution is -0.00835. The molecule has 2 N–H and O–H groups in total. The van der Waals surface area contributed by atoms with Gasteiger partial charge < -0.3 is 24.0 Å². The highest BCUT2D eigenvalue weighted by Crippen LogP contribution is 2.30. The van der Waals surface area contributed by atoms with Crippen LogP contribution in [0.25, 0.3) is 0 Å². The van der Waals surface area contributed by atoms with Gasteiger partial charge in [0.05, 0.1) is 30.4 Å².